The Morgan fingerprint density at radius 2 is 2.26 bits per heavy atom. The van der Waals surface area contributed by atoms with Crippen molar-refractivity contribution in [1.29, 1.82) is 0 Å². The molecule has 0 bridgehead atoms. The number of nitrogens with zero attached hydrogens (tertiary/aromatic N) is 1. The number of hydrogen-bond acceptors (Lipinski definition) is 4. The summed E-state index contributed by atoms with van der Waals surface area (Å²) in [5, 5.41) is 2.91. The summed E-state index contributed by atoms with van der Waals surface area (Å²) in [5.41, 5.74) is 1.87. The van der Waals surface area contributed by atoms with Crippen molar-refractivity contribution in [3.05, 3.63) is 59.9 Å². The number of carbonyl (C=O) groups is 1. The monoisotopic (exact) mass is 312 g/mol. The number of aromatic nitrogens is 1. The fraction of sp³-hybridized carbons (Fsp3) is 0.333. The number of rotatable bonds is 6. The Hall–Kier alpha value is -2.40. The normalized spacial score (nSPS) is 17.0. The molecule has 1 fully saturated rings. The highest BCUT2D eigenvalue weighted by Crippen LogP contribution is 2.16. The number of nitrogens with one attached hydrogen (secondary N) is 1. The summed E-state index contributed by atoms with van der Waals surface area (Å²) in [4.78, 5) is 16.2. The Morgan fingerprint density at radius 3 is 3.04 bits per heavy atom. The lowest BCUT2D eigenvalue weighted by Gasteiger charge is -2.11. The predicted molar refractivity (Wildman–Crippen MR) is 85.8 cm³/mol. The minimum absolute atomic E-state index is 0.0395. The van der Waals surface area contributed by atoms with E-state index in [1.54, 1.807) is 6.20 Å². The maximum atomic E-state index is 11.9. The summed E-state index contributed by atoms with van der Waals surface area (Å²) in [6, 6.07) is 13.4. The maximum absolute atomic E-state index is 11.9. The first-order valence-electron chi connectivity index (χ1n) is 7.82. The average molecular weight is 312 g/mol. The molecule has 0 unspecified atom stereocenters. The molecule has 2 aromatic rings. The van der Waals surface area contributed by atoms with Crippen molar-refractivity contribution in [3.63, 3.8) is 0 Å². The van der Waals surface area contributed by atoms with E-state index in [1.807, 2.05) is 42.5 Å². The van der Waals surface area contributed by atoms with Gasteiger partial charge in [-0.3, -0.25) is 9.78 Å². The Kier molecular flexibility index (Phi) is 5.21. The largest absolute Gasteiger partial charge is 0.487 e. The second-order valence-corrected chi connectivity index (χ2v) is 5.48. The summed E-state index contributed by atoms with van der Waals surface area (Å²) >= 11 is 0. The molecule has 3 rings (SSSR count). The Morgan fingerprint density at radius 1 is 1.30 bits per heavy atom. The van der Waals surface area contributed by atoms with Gasteiger partial charge in [-0.05, 0) is 42.7 Å². The van der Waals surface area contributed by atoms with E-state index in [0.29, 0.717) is 19.8 Å². The van der Waals surface area contributed by atoms with Gasteiger partial charge in [-0.25, -0.2) is 0 Å². The average Bonchev–Trinajstić information content (AvgIpc) is 3.14. The number of benzene rings is 1. The summed E-state index contributed by atoms with van der Waals surface area (Å²) < 4.78 is 11.1. The van der Waals surface area contributed by atoms with E-state index in [0.717, 1.165) is 29.8 Å². The van der Waals surface area contributed by atoms with Gasteiger partial charge in [0.1, 0.15) is 18.5 Å². The summed E-state index contributed by atoms with van der Waals surface area (Å²) in [6.45, 7) is 1.57. The molecule has 1 atom stereocenters. The number of pyridine rings is 1. The fourth-order valence-corrected chi connectivity index (χ4v) is 2.47. The van der Waals surface area contributed by atoms with Gasteiger partial charge in [-0.1, -0.05) is 18.2 Å². The number of hydrogen-bond donors (Lipinski definition) is 1. The molecule has 0 saturated carbocycles. The van der Waals surface area contributed by atoms with Crippen LogP contribution in [0.3, 0.4) is 0 Å². The van der Waals surface area contributed by atoms with Gasteiger partial charge in [0.2, 0.25) is 5.91 Å². The summed E-state index contributed by atoms with van der Waals surface area (Å²) in [7, 11) is 0. The second kappa shape index (κ2) is 7.74. The lowest BCUT2D eigenvalue weighted by molar-refractivity contribution is -0.130. The number of carbonyl (C=O) groups excluding carboxylic acids is 1. The Bertz CT molecular complexity index is 640. The molecule has 1 N–H and O–H groups in total. The van der Waals surface area contributed by atoms with Gasteiger partial charge in [0.05, 0.1) is 5.69 Å². The van der Waals surface area contributed by atoms with Gasteiger partial charge in [0.15, 0.2) is 0 Å². The van der Waals surface area contributed by atoms with Crippen molar-refractivity contribution in [2.75, 3.05) is 6.61 Å². The third-order valence-corrected chi connectivity index (χ3v) is 3.70. The van der Waals surface area contributed by atoms with E-state index in [2.05, 4.69) is 10.3 Å². The standard InChI is InChI=1S/C18H20N2O3/c21-18(17-8-4-10-22-17)20-12-14-5-3-7-16(11-14)23-13-15-6-1-2-9-19-15/h1-3,5-7,9,11,17H,4,8,10,12-13H2,(H,20,21)/t17-/m0/s1. The van der Waals surface area contributed by atoms with Crippen LogP contribution in [-0.4, -0.2) is 23.6 Å². The molecule has 1 aromatic heterocycles. The molecule has 1 saturated heterocycles. The highest BCUT2D eigenvalue weighted by molar-refractivity contribution is 5.80. The molecule has 1 aromatic carbocycles. The molecule has 1 amide bonds. The van der Waals surface area contributed by atoms with Crippen molar-refractivity contribution in [1.82, 2.24) is 10.3 Å². The molecule has 1 aliphatic heterocycles. The van der Waals surface area contributed by atoms with Gasteiger partial charge in [0.25, 0.3) is 0 Å². The van der Waals surface area contributed by atoms with Gasteiger partial charge < -0.3 is 14.8 Å². The number of amides is 1. The summed E-state index contributed by atoms with van der Waals surface area (Å²) in [6.07, 6.45) is 3.21. The molecule has 120 valence electrons. The molecular weight excluding hydrogens is 292 g/mol. The van der Waals surface area contributed by atoms with E-state index in [4.69, 9.17) is 9.47 Å². The smallest absolute Gasteiger partial charge is 0.249 e. The zero-order valence-electron chi connectivity index (χ0n) is 12.9. The van der Waals surface area contributed by atoms with Crippen molar-refractivity contribution in [2.45, 2.75) is 32.1 Å². The van der Waals surface area contributed by atoms with Gasteiger partial charge >= 0.3 is 0 Å². The third-order valence-electron chi connectivity index (χ3n) is 3.70. The van der Waals surface area contributed by atoms with Crippen LogP contribution in [0.5, 0.6) is 5.75 Å². The van der Waals surface area contributed by atoms with Crippen molar-refractivity contribution < 1.29 is 14.3 Å². The van der Waals surface area contributed by atoms with Crippen molar-refractivity contribution >= 4 is 5.91 Å². The molecule has 5 heteroatoms. The third kappa shape index (κ3) is 4.53. The van der Waals surface area contributed by atoms with Crippen LogP contribution in [0.4, 0.5) is 0 Å². The topological polar surface area (TPSA) is 60.5 Å². The molecule has 0 spiro atoms. The zero-order valence-corrected chi connectivity index (χ0v) is 12.9. The first kappa shape index (κ1) is 15.5. The summed E-state index contributed by atoms with van der Waals surface area (Å²) in [5.74, 6) is 0.724. The fourth-order valence-electron chi connectivity index (χ4n) is 2.47. The highest BCUT2D eigenvalue weighted by Gasteiger charge is 2.22. The predicted octanol–water partition coefficient (Wildman–Crippen LogP) is 2.46. The first-order valence-corrected chi connectivity index (χ1v) is 7.82. The van der Waals surface area contributed by atoms with E-state index < -0.39 is 0 Å². The molecule has 0 aliphatic carbocycles. The van der Waals surface area contributed by atoms with Crippen LogP contribution in [0.15, 0.2) is 48.7 Å². The van der Waals surface area contributed by atoms with Crippen LogP contribution in [-0.2, 0) is 22.7 Å². The molecule has 0 radical (unpaired) electrons. The van der Waals surface area contributed by atoms with Crippen LogP contribution < -0.4 is 10.1 Å². The van der Waals surface area contributed by atoms with Gasteiger partial charge in [0, 0.05) is 19.3 Å². The van der Waals surface area contributed by atoms with Crippen LogP contribution in [0.1, 0.15) is 24.1 Å². The van der Waals surface area contributed by atoms with Gasteiger partial charge in [-0.15, -0.1) is 0 Å². The van der Waals surface area contributed by atoms with E-state index >= 15 is 0 Å². The minimum Gasteiger partial charge on any atom is -0.487 e. The Balaban J connectivity index is 1.51. The molecular formula is C18H20N2O3. The molecule has 5 nitrogen and oxygen atoms in total. The lowest BCUT2D eigenvalue weighted by atomic mass is 10.2. The van der Waals surface area contributed by atoms with Crippen LogP contribution in [0.2, 0.25) is 0 Å². The highest BCUT2D eigenvalue weighted by atomic mass is 16.5. The SMILES string of the molecule is O=C(NCc1cccc(OCc2ccccn2)c1)[C@@H]1CCCO1. The van der Waals surface area contributed by atoms with Crippen LogP contribution in [0, 0.1) is 0 Å². The molecule has 2 heterocycles. The quantitative estimate of drug-likeness (QED) is 0.890. The Labute approximate surface area is 135 Å². The lowest BCUT2D eigenvalue weighted by Crippen LogP contribution is -2.33. The molecule has 23 heavy (non-hydrogen) atoms. The van der Waals surface area contributed by atoms with E-state index in [9.17, 15) is 4.79 Å². The van der Waals surface area contributed by atoms with Crippen LogP contribution in [0.25, 0.3) is 0 Å². The van der Waals surface area contributed by atoms with Gasteiger partial charge in [-0.2, -0.15) is 0 Å². The van der Waals surface area contributed by atoms with Crippen LogP contribution >= 0.6 is 0 Å². The van der Waals surface area contributed by atoms with E-state index in [1.165, 1.54) is 0 Å². The zero-order chi connectivity index (χ0) is 15.9. The maximum Gasteiger partial charge on any atom is 0.249 e. The van der Waals surface area contributed by atoms with Crippen molar-refractivity contribution in [3.8, 4) is 5.75 Å². The molecule has 1 aliphatic rings. The van der Waals surface area contributed by atoms with E-state index in [-0.39, 0.29) is 12.0 Å². The first-order chi connectivity index (χ1) is 11.3. The second-order valence-electron chi connectivity index (χ2n) is 5.48. The van der Waals surface area contributed by atoms with Crippen molar-refractivity contribution in [2.24, 2.45) is 0 Å². The number of ether oxygens (including phenoxy) is 2. The minimum atomic E-state index is -0.293.